The highest BCUT2D eigenvalue weighted by Crippen LogP contribution is 2.14. The number of rotatable bonds is 16. The molecule has 0 amide bonds. The number of hydrogen-bond donors (Lipinski definition) is 1. The number of nitrogens with two attached hydrogens (primary N) is 1. The summed E-state index contributed by atoms with van der Waals surface area (Å²) < 4.78 is 1.75. The minimum absolute atomic E-state index is 0. The van der Waals surface area contributed by atoms with Gasteiger partial charge in [-0.1, -0.05) is 95.6 Å². The van der Waals surface area contributed by atoms with Crippen molar-refractivity contribution in [2.75, 3.05) is 0 Å². The fourth-order valence-corrected chi connectivity index (χ4v) is 3.07. The fourth-order valence-electron chi connectivity index (χ4n) is 3.07. The van der Waals surface area contributed by atoms with Crippen LogP contribution in [0.15, 0.2) is 12.4 Å². The molecule has 4 nitrogen and oxygen atoms in total. The maximum atomic E-state index is 6.05. The summed E-state index contributed by atoms with van der Waals surface area (Å²) in [5.41, 5.74) is 6.05. The third-order valence-corrected chi connectivity index (χ3v) is 4.63. The molecule has 1 aromatic rings. The maximum absolute atomic E-state index is 6.05. The molecule has 24 heavy (non-hydrogen) atoms. The average Bonchev–Trinajstić information content (AvgIpc) is 3.09. The monoisotopic (exact) mass is 402 g/mol. The third-order valence-electron chi connectivity index (χ3n) is 4.63. The van der Waals surface area contributed by atoms with E-state index in [2.05, 4.69) is 17.2 Å². The maximum Gasteiger partial charge on any atom is 0.101 e. The Labute approximate surface area is 159 Å². The van der Waals surface area contributed by atoms with Gasteiger partial charge in [-0.3, -0.25) is 0 Å². The van der Waals surface area contributed by atoms with Gasteiger partial charge >= 0.3 is 0 Å². The van der Waals surface area contributed by atoms with Gasteiger partial charge in [-0.15, -0.1) is 22.1 Å². The molecule has 0 bridgehead atoms. The first-order chi connectivity index (χ1) is 11.3. The van der Waals surface area contributed by atoms with E-state index in [9.17, 15) is 0 Å². The van der Waals surface area contributed by atoms with Crippen molar-refractivity contribution < 1.29 is 0 Å². The molecule has 0 saturated carbocycles. The molecule has 1 atom stereocenters. The van der Waals surface area contributed by atoms with Crippen LogP contribution in [0.4, 0.5) is 0 Å². The molecule has 1 unspecified atom stereocenters. The molecule has 0 aliphatic rings. The van der Waals surface area contributed by atoms with Crippen LogP contribution in [0.5, 0.6) is 0 Å². The second-order valence-electron chi connectivity index (χ2n) is 6.84. The molecule has 0 aliphatic heterocycles. The number of halogens is 1. The van der Waals surface area contributed by atoms with Crippen LogP contribution < -0.4 is 5.73 Å². The fraction of sp³-hybridized carbons (Fsp3) is 0.895. The lowest BCUT2D eigenvalue weighted by molar-refractivity contribution is 0.406. The first-order valence-corrected chi connectivity index (χ1v) is 9.96. The van der Waals surface area contributed by atoms with Gasteiger partial charge < -0.3 is 5.73 Å². The smallest absolute Gasteiger partial charge is 0.101 e. The zero-order chi connectivity index (χ0) is 16.6. The Morgan fingerprint density at radius 1 is 0.792 bits per heavy atom. The summed E-state index contributed by atoms with van der Waals surface area (Å²) in [5.74, 6) is 0. The van der Waals surface area contributed by atoms with Gasteiger partial charge in [0.25, 0.3) is 0 Å². The molecule has 0 aromatic carbocycles. The predicted molar refractivity (Wildman–Crippen MR) is 108 cm³/mol. The van der Waals surface area contributed by atoms with Crippen molar-refractivity contribution in [3.63, 3.8) is 0 Å². The van der Waals surface area contributed by atoms with Crippen molar-refractivity contribution in [2.24, 2.45) is 5.73 Å². The highest BCUT2D eigenvalue weighted by molar-refractivity contribution is 8.93. The molecule has 0 radical (unpaired) electrons. The Hall–Kier alpha value is -0.420. The van der Waals surface area contributed by atoms with Gasteiger partial charge in [0, 0.05) is 6.20 Å². The van der Waals surface area contributed by atoms with Gasteiger partial charge in [0.1, 0.15) is 6.17 Å². The van der Waals surface area contributed by atoms with Crippen molar-refractivity contribution in [3.8, 4) is 0 Å². The average molecular weight is 403 g/mol. The van der Waals surface area contributed by atoms with E-state index in [1.807, 2.05) is 6.20 Å². The molecular formula is C19H39BrN4. The van der Waals surface area contributed by atoms with E-state index < -0.39 is 0 Å². The highest BCUT2D eigenvalue weighted by atomic mass is 79.9. The van der Waals surface area contributed by atoms with Crippen molar-refractivity contribution in [1.29, 1.82) is 0 Å². The van der Waals surface area contributed by atoms with Crippen LogP contribution in [-0.4, -0.2) is 15.0 Å². The Kier molecular flexibility index (Phi) is 17.1. The van der Waals surface area contributed by atoms with Gasteiger partial charge in [-0.25, -0.2) is 4.68 Å². The molecule has 0 aliphatic carbocycles. The number of nitrogens with zero attached hydrogens (tertiary/aromatic N) is 3. The second kappa shape index (κ2) is 17.4. The molecule has 5 heteroatoms. The molecule has 1 rings (SSSR count). The lowest BCUT2D eigenvalue weighted by atomic mass is 10.0. The number of aromatic nitrogens is 3. The zero-order valence-corrected chi connectivity index (χ0v) is 17.4. The zero-order valence-electron chi connectivity index (χ0n) is 15.7. The minimum atomic E-state index is -0.00479. The summed E-state index contributed by atoms with van der Waals surface area (Å²) in [7, 11) is 0. The van der Waals surface area contributed by atoms with E-state index in [4.69, 9.17) is 5.73 Å². The molecule has 0 spiro atoms. The van der Waals surface area contributed by atoms with Crippen LogP contribution in [0.25, 0.3) is 0 Å². The van der Waals surface area contributed by atoms with Crippen molar-refractivity contribution >= 4 is 17.0 Å². The molecule has 1 aromatic heterocycles. The van der Waals surface area contributed by atoms with E-state index in [0.717, 1.165) is 6.42 Å². The summed E-state index contributed by atoms with van der Waals surface area (Å²) in [6.07, 6.45) is 24.0. The second-order valence-corrected chi connectivity index (χ2v) is 6.84. The molecule has 0 saturated heterocycles. The van der Waals surface area contributed by atoms with Crippen LogP contribution >= 0.6 is 17.0 Å². The molecule has 0 fully saturated rings. The third kappa shape index (κ3) is 12.9. The van der Waals surface area contributed by atoms with Crippen LogP contribution in [0.1, 0.15) is 109 Å². The first-order valence-electron chi connectivity index (χ1n) is 9.96. The van der Waals surface area contributed by atoms with E-state index >= 15 is 0 Å². The largest absolute Gasteiger partial charge is 0.310 e. The van der Waals surface area contributed by atoms with E-state index in [1.54, 1.807) is 10.9 Å². The SMILES string of the molecule is Br.CCCCCCCCCCCCCCCCC(N)n1ccnn1. The lowest BCUT2D eigenvalue weighted by Gasteiger charge is -2.10. The molecule has 2 N–H and O–H groups in total. The number of unbranched alkanes of at least 4 members (excludes halogenated alkanes) is 13. The van der Waals surface area contributed by atoms with E-state index in [-0.39, 0.29) is 23.1 Å². The Balaban J connectivity index is 0.00000529. The summed E-state index contributed by atoms with van der Waals surface area (Å²) in [6.45, 7) is 2.28. The standard InChI is InChI=1S/C19H38N4.BrH/c1-2-3-4-5-6-7-8-9-10-11-12-13-14-15-16-19(20)23-18-17-21-22-23;/h17-19H,2-16,20H2,1H3;1H. The summed E-state index contributed by atoms with van der Waals surface area (Å²) in [4.78, 5) is 0. The Morgan fingerprint density at radius 2 is 1.25 bits per heavy atom. The Morgan fingerprint density at radius 3 is 1.67 bits per heavy atom. The number of hydrogen-bond acceptors (Lipinski definition) is 3. The van der Waals surface area contributed by atoms with Crippen LogP contribution in [0.2, 0.25) is 0 Å². The summed E-state index contributed by atoms with van der Waals surface area (Å²) >= 11 is 0. The summed E-state index contributed by atoms with van der Waals surface area (Å²) in [5, 5.41) is 7.74. The predicted octanol–water partition coefficient (Wildman–Crippen LogP) is 6.18. The van der Waals surface area contributed by atoms with Crippen LogP contribution in [0, 0.1) is 0 Å². The van der Waals surface area contributed by atoms with Gasteiger partial charge in [0.15, 0.2) is 0 Å². The highest BCUT2D eigenvalue weighted by Gasteiger charge is 2.04. The van der Waals surface area contributed by atoms with Gasteiger partial charge in [-0.05, 0) is 12.8 Å². The van der Waals surface area contributed by atoms with Crippen molar-refractivity contribution in [1.82, 2.24) is 15.0 Å². The quantitative estimate of drug-likeness (QED) is 0.335. The molecule has 1 heterocycles. The van der Waals surface area contributed by atoms with Gasteiger partial charge in [-0.2, -0.15) is 0 Å². The van der Waals surface area contributed by atoms with Crippen LogP contribution in [0.3, 0.4) is 0 Å². The minimum Gasteiger partial charge on any atom is -0.310 e. The van der Waals surface area contributed by atoms with E-state index in [0.29, 0.717) is 0 Å². The first kappa shape index (κ1) is 23.6. The lowest BCUT2D eigenvalue weighted by Crippen LogP contribution is -2.19. The van der Waals surface area contributed by atoms with E-state index in [1.165, 1.54) is 89.9 Å². The Bertz CT molecular complexity index is 343. The molecular weight excluding hydrogens is 364 g/mol. The summed E-state index contributed by atoms with van der Waals surface area (Å²) in [6, 6.07) is 0. The van der Waals surface area contributed by atoms with Crippen LogP contribution in [-0.2, 0) is 0 Å². The molecule has 142 valence electrons. The normalized spacial score (nSPS) is 12.1. The van der Waals surface area contributed by atoms with Gasteiger partial charge in [0.2, 0.25) is 0 Å². The topological polar surface area (TPSA) is 56.7 Å². The van der Waals surface area contributed by atoms with Crippen molar-refractivity contribution in [2.45, 2.75) is 109 Å². The van der Waals surface area contributed by atoms with Gasteiger partial charge in [0.05, 0.1) is 6.20 Å². The van der Waals surface area contributed by atoms with Crippen molar-refractivity contribution in [3.05, 3.63) is 12.4 Å².